The van der Waals surface area contributed by atoms with E-state index in [-0.39, 0.29) is 12.0 Å². The van der Waals surface area contributed by atoms with Gasteiger partial charge in [0.2, 0.25) is 0 Å². The van der Waals surface area contributed by atoms with Gasteiger partial charge >= 0.3 is 5.97 Å². The first-order valence-corrected chi connectivity index (χ1v) is 9.23. The van der Waals surface area contributed by atoms with Crippen molar-refractivity contribution in [3.8, 4) is 0 Å². The summed E-state index contributed by atoms with van der Waals surface area (Å²) < 4.78 is 5.56. The minimum absolute atomic E-state index is 0.207. The fraction of sp³-hybridized carbons (Fsp3) is 0.381. The molecule has 2 aromatic rings. The molecule has 3 rings (SSSR count). The molecule has 5 heteroatoms. The number of ether oxygens (including phenoxy) is 1. The third-order valence-electron chi connectivity index (χ3n) is 4.53. The smallest absolute Gasteiger partial charge is 0.323 e. The quantitative estimate of drug-likeness (QED) is 0.628. The first-order chi connectivity index (χ1) is 12.8. The van der Waals surface area contributed by atoms with Crippen LogP contribution < -0.4 is 16.0 Å². The van der Waals surface area contributed by atoms with Gasteiger partial charge in [-0.3, -0.25) is 4.79 Å². The summed E-state index contributed by atoms with van der Waals surface area (Å²) in [6.07, 6.45) is 0.620. The predicted octanol–water partition coefficient (Wildman–Crippen LogP) is 1.49. The molecular weight excluding hydrogens is 326 g/mol. The Bertz CT molecular complexity index is 657. The highest BCUT2D eigenvalue weighted by Gasteiger charge is 2.22. The molecule has 1 unspecified atom stereocenters. The molecule has 1 saturated heterocycles. The number of piperazine rings is 1. The van der Waals surface area contributed by atoms with Crippen LogP contribution in [0.5, 0.6) is 0 Å². The molecule has 0 spiro atoms. The summed E-state index contributed by atoms with van der Waals surface area (Å²) in [5, 5.41) is 10.2. The first-order valence-electron chi connectivity index (χ1n) is 9.23. The lowest BCUT2D eigenvalue weighted by Crippen LogP contribution is -2.55. The van der Waals surface area contributed by atoms with Crippen LogP contribution in [0, 0.1) is 0 Å². The molecule has 0 aliphatic carbocycles. The van der Waals surface area contributed by atoms with Crippen molar-refractivity contribution in [3.05, 3.63) is 71.8 Å². The summed E-state index contributed by atoms with van der Waals surface area (Å²) in [5.41, 5.74) is 2.12. The highest BCUT2D eigenvalue weighted by atomic mass is 16.5. The summed E-state index contributed by atoms with van der Waals surface area (Å²) >= 11 is 0. The number of benzene rings is 2. The highest BCUT2D eigenvalue weighted by molar-refractivity contribution is 5.76. The van der Waals surface area contributed by atoms with Crippen molar-refractivity contribution in [1.82, 2.24) is 16.0 Å². The highest BCUT2D eigenvalue weighted by Crippen LogP contribution is 2.07. The molecule has 1 aliphatic heterocycles. The monoisotopic (exact) mass is 353 g/mol. The molecule has 0 bridgehead atoms. The Balaban J connectivity index is 1.58. The fourth-order valence-corrected chi connectivity index (χ4v) is 3.06. The van der Waals surface area contributed by atoms with E-state index in [1.165, 1.54) is 0 Å². The van der Waals surface area contributed by atoms with E-state index < -0.39 is 0 Å². The fourth-order valence-electron chi connectivity index (χ4n) is 3.06. The Morgan fingerprint density at radius 3 is 2.38 bits per heavy atom. The van der Waals surface area contributed by atoms with Gasteiger partial charge in [0.05, 0.1) is 0 Å². The molecule has 0 aromatic heterocycles. The summed E-state index contributed by atoms with van der Waals surface area (Å²) in [5.74, 6) is -0.207. The number of nitrogens with one attached hydrogen (secondary N) is 3. The standard InChI is InChI=1S/C21H27N3O2/c25-21(26-16-18-9-5-2-6-10-18)20(13-17-7-3-1-4-8-17)24-15-19-14-22-11-12-23-19/h1-10,19-20,22-24H,11-16H2/t19?,20-/m1/s1. The molecule has 1 fully saturated rings. The van der Waals surface area contributed by atoms with Crippen molar-refractivity contribution >= 4 is 5.97 Å². The lowest BCUT2D eigenvalue weighted by molar-refractivity contribution is -0.147. The SMILES string of the molecule is O=C(OCc1ccccc1)[C@@H](Cc1ccccc1)NCC1CNCCN1. The molecule has 0 radical (unpaired) electrons. The van der Waals surface area contributed by atoms with Crippen molar-refractivity contribution in [2.75, 3.05) is 26.2 Å². The maximum atomic E-state index is 12.7. The second-order valence-corrected chi connectivity index (χ2v) is 6.60. The number of esters is 1. The van der Waals surface area contributed by atoms with Gasteiger partial charge in [0.25, 0.3) is 0 Å². The Morgan fingerprint density at radius 1 is 1.04 bits per heavy atom. The van der Waals surface area contributed by atoms with Crippen LogP contribution in [0.1, 0.15) is 11.1 Å². The molecule has 2 atom stereocenters. The van der Waals surface area contributed by atoms with Crippen LogP contribution in [0.25, 0.3) is 0 Å². The minimum atomic E-state index is -0.357. The van der Waals surface area contributed by atoms with Crippen LogP contribution in [-0.2, 0) is 22.6 Å². The third kappa shape index (κ3) is 5.95. The van der Waals surface area contributed by atoms with Gasteiger partial charge in [-0.15, -0.1) is 0 Å². The van der Waals surface area contributed by atoms with E-state index >= 15 is 0 Å². The molecule has 2 aromatic carbocycles. The van der Waals surface area contributed by atoms with Gasteiger partial charge in [-0.2, -0.15) is 0 Å². The zero-order chi connectivity index (χ0) is 18.0. The number of hydrogen-bond acceptors (Lipinski definition) is 5. The zero-order valence-electron chi connectivity index (χ0n) is 15.0. The largest absolute Gasteiger partial charge is 0.460 e. The van der Waals surface area contributed by atoms with E-state index in [0.717, 1.165) is 37.3 Å². The number of hydrogen-bond donors (Lipinski definition) is 3. The van der Waals surface area contributed by atoms with Crippen LogP contribution in [-0.4, -0.2) is 44.2 Å². The Hall–Kier alpha value is -2.21. The lowest BCUT2D eigenvalue weighted by atomic mass is 10.1. The van der Waals surface area contributed by atoms with Crippen molar-refractivity contribution in [3.63, 3.8) is 0 Å². The minimum Gasteiger partial charge on any atom is -0.460 e. The molecule has 138 valence electrons. The van der Waals surface area contributed by atoms with E-state index in [1.54, 1.807) is 0 Å². The van der Waals surface area contributed by atoms with Gasteiger partial charge in [0.1, 0.15) is 12.6 Å². The summed E-state index contributed by atoms with van der Waals surface area (Å²) in [7, 11) is 0. The third-order valence-corrected chi connectivity index (χ3v) is 4.53. The Labute approximate surface area is 155 Å². The van der Waals surface area contributed by atoms with Crippen LogP contribution in [0.4, 0.5) is 0 Å². The zero-order valence-corrected chi connectivity index (χ0v) is 15.0. The summed E-state index contributed by atoms with van der Waals surface area (Å²) in [4.78, 5) is 12.7. The van der Waals surface area contributed by atoms with E-state index in [0.29, 0.717) is 19.1 Å². The van der Waals surface area contributed by atoms with Gasteiger partial charge in [0, 0.05) is 32.2 Å². The van der Waals surface area contributed by atoms with E-state index in [1.807, 2.05) is 60.7 Å². The molecule has 0 amide bonds. The predicted molar refractivity (Wildman–Crippen MR) is 103 cm³/mol. The average molecular weight is 353 g/mol. The van der Waals surface area contributed by atoms with Gasteiger partial charge in [-0.25, -0.2) is 0 Å². The second kappa shape index (κ2) is 10.1. The number of carbonyl (C=O) groups is 1. The van der Waals surface area contributed by atoms with Gasteiger partial charge in [0.15, 0.2) is 0 Å². The number of rotatable bonds is 8. The summed E-state index contributed by atoms with van der Waals surface area (Å²) in [6.45, 7) is 3.88. The molecule has 3 N–H and O–H groups in total. The molecule has 5 nitrogen and oxygen atoms in total. The Kier molecular flexibility index (Phi) is 7.19. The molecule has 1 aliphatic rings. The van der Waals surface area contributed by atoms with Gasteiger partial charge in [-0.05, 0) is 17.5 Å². The molecule has 0 saturated carbocycles. The van der Waals surface area contributed by atoms with Crippen molar-refractivity contribution in [2.24, 2.45) is 0 Å². The van der Waals surface area contributed by atoms with E-state index in [4.69, 9.17) is 4.74 Å². The second-order valence-electron chi connectivity index (χ2n) is 6.60. The first kappa shape index (κ1) is 18.6. The van der Waals surface area contributed by atoms with Gasteiger partial charge in [-0.1, -0.05) is 60.7 Å². The normalized spacial score (nSPS) is 18.2. The molecular formula is C21H27N3O2. The average Bonchev–Trinajstić information content (AvgIpc) is 2.71. The molecule has 1 heterocycles. The van der Waals surface area contributed by atoms with E-state index in [9.17, 15) is 4.79 Å². The van der Waals surface area contributed by atoms with Crippen LogP contribution >= 0.6 is 0 Å². The van der Waals surface area contributed by atoms with Crippen molar-refractivity contribution < 1.29 is 9.53 Å². The van der Waals surface area contributed by atoms with Crippen molar-refractivity contribution in [2.45, 2.75) is 25.1 Å². The van der Waals surface area contributed by atoms with Gasteiger partial charge < -0.3 is 20.7 Å². The van der Waals surface area contributed by atoms with Crippen LogP contribution in [0.15, 0.2) is 60.7 Å². The maximum Gasteiger partial charge on any atom is 0.323 e. The summed E-state index contributed by atoms with van der Waals surface area (Å²) in [6, 6.07) is 19.8. The van der Waals surface area contributed by atoms with Crippen LogP contribution in [0.2, 0.25) is 0 Å². The van der Waals surface area contributed by atoms with E-state index in [2.05, 4.69) is 16.0 Å². The van der Waals surface area contributed by atoms with Crippen molar-refractivity contribution in [1.29, 1.82) is 0 Å². The Morgan fingerprint density at radius 2 is 1.73 bits per heavy atom. The molecule has 26 heavy (non-hydrogen) atoms. The number of carbonyl (C=O) groups excluding carboxylic acids is 1. The topological polar surface area (TPSA) is 62.4 Å². The van der Waals surface area contributed by atoms with Crippen LogP contribution in [0.3, 0.4) is 0 Å². The lowest BCUT2D eigenvalue weighted by Gasteiger charge is -2.27. The maximum absolute atomic E-state index is 12.7.